The minimum atomic E-state index is -0.448. The van der Waals surface area contributed by atoms with Crippen molar-refractivity contribution >= 4 is 29.5 Å². The van der Waals surface area contributed by atoms with Gasteiger partial charge < -0.3 is 14.8 Å². The van der Waals surface area contributed by atoms with Crippen molar-refractivity contribution in [1.29, 1.82) is 0 Å². The largest absolute Gasteiger partial charge is 0.493 e. The molecule has 0 bridgehead atoms. The number of thiocarbonyl (C=S) groups is 1. The van der Waals surface area contributed by atoms with Gasteiger partial charge in [0, 0.05) is 7.05 Å². The maximum Gasteiger partial charge on any atom is 0.343 e. The molecule has 0 amide bonds. The van der Waals surface area contributed by atoms with Gasteiger partial charge in [-0.05, 0) is 48.1 Å². The molecule has 0 aromatic heterocycles. The van der Waals surface area contributed by atoms with Crippen LogP contribution in [0.5, 0.6) is 11.5 Å². The number of methoxy groups -OCH3 is 1. The van der Waals surface area contributed by atoms with E-state index >= 15 is 0 Å². The van der Waals surface area contributed by atoms with Crippen LogP contribution in [0.15, 0.2) is 53.6 Å². The maximum absolute atomic E-state index is 12.1. The lowest BCUT2D eigenvalue weighted by molar-refractivity contribution is 0.0729. The normalized spacial score (nSPS) is 10.2. The molecule has 2 N–H and O–H groups in total. The second-order valence-corrected chi connectivity index (χ2v) is 5.02. The van der Waals surface area contributed by atoms with E-state index < -0.39 is 5.97 Å². The number of hydrogen-bond acceptors (Lipinski definition) is 5. The maximum atomic E-state index is 12.1. The summed E-state index contributed by atoms with van der Waals surface area (Å²) < 4.78 is 10.7. The first-order chi connectivity index (χ1) is 11.6. The monoisotopic (exact) mass is 343 g/mol. The Morgan fingerprint density at radius 2 is 1.92 bits per heavy atom. The van der Waals surface area contributed by atoms with Gasteiger partial charge in [0.1, 0.15) is 0 Å². The zero-order valence-electron chi connectivity index (χ0n) is 13.3. The van der Waals surface area contributed by atoms with Gasteiger partial charge in [-0.1, -0.05) is 18.2 Å². The molecule has 0 saturated carbocycles. The molecule has 0 fully saturated rings. The number of hydrazone groups is 1. The number of benzene rings is 2. The number of esters is 1. The van der Waals surface area contributed by atoms with E-state index in [2.05, 4.69) is 15.8 Å². The number of ether oxygens (including phenoxy) is 2. The Balaban J connectivity index is 2.11. The van der Waals surface area contributed by atoms with E-state index in [4.69, 9.17) is 21.7 Å². The minimum absolute atomic E-state index is 0.335. The molecule has 6 nitrogen and oxygen atoms in total. The molecule has 0 aliphatic rings. The van der Waals surface area contributed by atoms with E-state index in [1.165, 1.54) is 7.11 Å². The molecular formula is C17H17N3O3S. The van der Waals surface area contributed by atoms with Crippen LogP contribution in [0, 0.1) is 0 Å². The summed E-state index contributed by atoms with van der Waals surface area (Å²) in [4.78, 5) is 12.1. The van der Waals surface area contributed by atoms with Crippen molar-refractivity contribution in [3.8, 4) is 11.5 Å². The van der Waals surface area contributed by atoms with Gasteiger partial charge in [0.2, 0.25) is 0 Å². The van der Waals surface area contributed by atoms with Crippen LogP contribution in [0.2, 0.25) is 0 Å². The molecule has 0 atom stereocenters. The van der Waals surface area contributed by atoms with Gasteiger partial charge in [-0.2, -0.15) is 5.10 Å². The summed E-state index contributed by atoms with van der Waals surface area (Å²) in [5.41, 5.74) is 3.88. The first-order valence-electron chi connectivity index (χ1n) is 7.10. The quantitative estimate of drug-likeness (QED) is 0.285. The molecule has 0 aliphatic heterocycles. The zero-order valence-corrected chi connectivity index (χ0v) is 14.1. The summed E-state index contributed by atoms with van der Waals surface area (Å²) >= 11 is 4.92. The van der Waals surface area contributed by atoms with Crippen molar-refractivity contribution in [2.75, 3.05) is 14.2 Å². The highest BCUT2D eigenvalue weighted by Crippen LogP contribution is 2.28. The molecule has 2 rings (SSSR count). The topological polar surface area (TPSA) is 72.0 Å². The van der Waals surface area contributed by atoms with Crippen molar-refractivity contribution in [3.05, 3.63) is 59.7 Å². The molecule has 2 aromatic carbocycles. The average molecular weight is 343 g/mol. The highest BCUT2D eigenvalue weighted by atomic mass is 32.1. The molecule has 0 saturated heterocycles. The van der Waals surface area contributed by atoms with E-state index in [1.54, 1.807) is 55.7 Å². The van der Waals surface area contributed by atoms with Crippen LogP contribution in [0.1, 0.15) is 15.9 Å². The van der Waals surface area contributed by atoms with Crippen molar-refractivity contribution in [3.63, 3.8) is 0 Å². The van der Waals surface area contributed by atoms with Gasteiger partial charge >= 0.3 is 5.97 Å². The molecule has 124 valence electrons. The molecule has 7 heteroatoms. The first kappa shape index (κ1) is 17.4. The van der Waals surface area contributed by atoms with Gasteiger partial charge in [-0.3, -0.25) is 5.43 Å². The van der Waals surface area contributed by atoms with E-state index in [1.807, 2.05) is 6.07 Å². The number of carbonyl (C=O) groups is 1. The minimum Gasteiger partial charge on any atom is -0.493 e. The molecule has 0 unspecified atom stereocenters. The number of carbonyl (C=O) groups excluding carboxylic acids is 1. The Morgan fingerprint density at radius 1 is 1.17 bits per heavy atom. The molecule has 2 aromatic rings. The number of nitrogens with one attached hydrogen (secondary N) is 2. The smallest absolute Gasteiger partial charge is 0.343 e. The summed E-state index contributed by atoms with van der Waals surface area (Å²) in [6, 6.07) is 13.9. The van der Waals surface area contributed by atoms with E-state index in [-0.39, 0.29) is 0 Å². The van der Waals surface area contributed by atoms with Crippen molar-refractivity contribution < 1.29 is 14.3 Å². The van der Waals surface area contributed by atoms with Gasteiger partial charge in [0.05, 0.1) is 18.9 Å². The van der Waals surface area contributed by atoms with Crippen LogP contribution < -0.4 is 20.2 Å². The second kappa shape index (κ2) is 8.64. The van der Waals surface area contributed by atoms with Gasteiger partial charge in [-0.25, -0.2) is 4.79 Å². The third-order valence-electron chi connectivity index (χ3n) is 3.01. The van der Waals surface area contributed by atoms with Crippen molar-refractivity contribution in [2.45, 2.75) is 0 Å². The average Bonchev–Trinajstić information content (AvgIpc) is 2.63. The lowest BCUT2D eigenvalue weighted by Crippen LogP contribution is -2.28. The Kier molecular flexibility index (Phi) is 6.27. The highest BCUT2D eigenvalue weighted by Gasteiger charge is 2.12. The third kappa shape index (κ3) is 4.79. The summed E-state index contributed by atoms with van der Waals surface area (Å²) in [7, 11) is 3.20. The fourth-order valence-corrected chi connectivity index (χ4v) is 1.86. The third-order valence-corrected chi connectivity index (χ3v) is 3.30. The van der Waals surface area contributed by atoms with E-state index in [0.717, 1.165) is 5.56 Å². The van der Waals surface area contributed by atoms with Crippen LogP contribution in [0.25, 0.3) is 0 Å². The Hall–Kier alpha value is -2.93. The Labute approximate surface area is 145 Å². The van der Waals surface area contributed by atoms with Crippen LogP contribution in [0.3, 0.4) is 0 Å². The number of rotatable bonds is 5. The van der Waals surface area contributed by atoms with Crippen LogP contribution in [-0.2, 0) is 0 Å². The first-order valence-corrected chi connectivity index (χ1v) is 7.51. The summed E-state index contributed by atoms with van der Waals surface area (Å²) in [5, 5.41) is 7.14. The zero-order chi connectivity index (χ0) is 17.4. The van der Waals surface area contributed by atoms with Crippen LogP contribution in [0.4, 0.5) is 0 Å². The Bertz CT molecular complexity index is 748. The second-order valence-electron chi connectivity index (χ2n) is 4.61. The number of nitrogens with zero attached hydrogens (tertiary/aromatic N) is 1. The predicted molar refractivity (Wildman–Crippen MR) is 96.8 cm³/mol. The molecular weight excluding hydrogens is 326 g/mol. The standard InChI is InChI=1S/C17H17N3O3S/c1-18-17(24)20-19-11-12-8-9-14(15(10-12)22-2)23-16(21)13-6-4-3-5-7-13/h3-11H,1-2H3,(H2,18,20,24)/b19-11+. The van der Waals surface area contributed by atoms with Gasteiger partial charge in [0.15, 0.2) is 16.6 Å². The predicted octanol–water partition coefficient (Wildman–Crippen LogP) is 2.34. The molecule has 0 heterocycles. The van der Waals surface area contributed by atoms with Crippen molar-refractivity contribution in [1.82, 2.24) is 10.7 Å². The fraction of sp³-hybridized carbons (Fsp3) is 0.118. The lowest BCUT2D eigenvalue weighted by Gasteiger charge is -2.10. The summed E-state index contributed by atoms with van der Waals surface area (Å²) in [6.07, 6.45) is 1.58. The van der Waals surface area contributed by atoms with E-state index in [9.17, 15) is 4.79 Å². The lowest BCUT2D eigenvalue weighted by atomic mass is 10.2. The molecule has 0 spiro atoms. The van der Waals surface area contributed by atoms with Crippen LogP contribution in [-0.4, -0.2) is 31.5 Å². The summed E-state index contributed by atoms with van der Waals surface area (Å²) in [5.74, 6) is 0.318. The molecule has 24 heavy (non-hydrogen) atoms. The SMILES string of the molecule is CNC(=S)N/N=C/c1ccc(OC(=O)c2ccccc2)c(OC)c1. The van der Waals surface area contributed by atoms with E-state index in [0.29, 0.717) is 22.2 Å². The molecule has 0 radical (unpaired) electrons. The van der Waals surface area contributed by atoms with Gasteiger partial charge in [-0.15, -0.1) is 0 Å². The van der Waals surface area contributed by atoms with Crippen LogP contribution >= 0.6 is 12.2 Å². The Morgan fingerprint density at radius 3 is 2.58 bits per heavy atom. The number of hydrogen-bond donors (Lipinski definition) is 2. The summed E-state index contributed by atoms with van der Waals surface area (Å²) in [6.45, 7) is 0. The van der Waals surface area contributed by atoms with Gasteiger partial charge in [0.25, 0.3) is 0 Å². The highest BCUT2D eigenvalue weighted by molar-refractivity contribution is 7.80. The molecule has 0 aliphatic carbocycles. The fourth-order valence-electron chi connectivity index (χ4n) is 1.80. The van der Waals surface area contributed by atoms with Crippen molar-refractivity contribution in [2.24, 2.45) is 5.10 Å².